The van der Waals surface area contributed by atoms with Gasteiger partial charge in [-0.25, -0.2) is 4.39 Å². The fourth-order valence-electron chi connectivity index (χ4n) is 2.26. The Morgan fingerprint density at radius 3 is 2.67 bits per heavy atom. The monoisotopic (exact) mass is 288 g/mol. The second-order valence-corrected chi connectivity index (χ2v) is 4.75. The third kappa shape index (κ3) is 2.35. The number of hydrogen-bond donors (Lipinski definition) is 2. The van der Waals surface area contributed by atoms with E-state index >= 15 is 0 Å². The molecule has 6 heteroatoms. The van der Waals surface area contributed by atoms with E-state index in [0.29, 0.717) is 10.8 Å². The minimum atomic E-state index is -0.969. The van der Waals surface area contributed by atoms with Crippen LogP contribution >= 0.6 is 0 Å². The van der Waals surface area contributed by atoms with Gasteiger partial charge in [0.15, 0.2) is 11.6 Å². The van der Waals surface area contributed by atoms with Crippen molar-refractivity contribution in [1.82, 2.24) is 0 Å². The van der Waals surface area contributed by atoms with Crippen molar-refractivity contribution < 1.29 is 19.1 Å². The van der Waals surface area contributed by atoms with E-state index in [4.69, 9.17) is 10.5 Å². The van der Waals surface area contributed by atoms with Crippen LogP contribution in [0.25, 0.3) is 0 Å². The van der Waals surface area contributed by atoms with Crippen LogP contribution in [0.1, 0.15) is 5.56 Å². The molecule has 1 atom stereocenters. The molecule has 0 fully saturated rings. The molecule has 0 radical (unpaired) electrons. The van der Waals surface area contributed by atoms with Crippen molar-refractivity contribution in [3.8, 4) is 11.5 Å². The molecule has 0 bridgehead atoms. The average Bonchev–Trinajstić information content (AvgIpc) is 2.49. The molecule has 2 aromatic carbocycles. The molecular formula is C15H13FN2O3. The van der Waals surface area contributed by atoms with Crippen LogP contribution in [0.15, 0.2) is 42.5 Å². The predicted molar refractivity (Wildman–Crippen MR) is 73.9 cm³/mol. The van der Waals surface area contributed by atoms with Crippen LogP contribution < -0.4 is 15.5 Å². The third-order valence-electron chi connectivity index (χ3n) is 3.33. The van der Waals surface area contributed by atoms with Crippen molar-refractivity contribution in [2.75, 3.05) is 5.06 Å². The van der Waals surface area contributed by atoms with Crippen molar-refractivity contribution in [3.63, 3.8) is 0 Å². The second kappa shape index (κ2) is 5.16. The summed E-state index contributed by atoms with van der Waals surface area (Å²) in [6.07, 6.45) is 0.0169. The van der Waals surface area contributed by atoms with Gasteiger partial charge in [-0.3, -0.25) is 10.0 Å². The van der Waals surface area contributed by atoms with Crippen LogP contribution in [0.2, 0.25) is 0 Å². The van der Waals surface area contributed by atoms with Gasteiger partial charge in [-0.2, -0.15) is 5.06 Å². The Morgan fingerprint density at radius 1 is 1.24 bits per heavy atom. The topological polar surface area (TPSA) is 75.8 Å². The normalized spacial score (nSPS) is 17.6. The molecule has 0 spiro atoms. The summed E-state index contributed by atoms with van der Waals surface area (Å²) in [5.74, 6) is -0.764. The van der Waals surface area contributed by atoms with E-state index < -0.39 is 17.8 Å². The first-order chi connectivity index (χ1) is 10.1. The molecule has 1 amide bonds. The summed E-state index contributed by atoms with van der Waals surface area (Å²) in [5.41, 5.74) is 5.86. The Morgan fingerprint density at radius 2 is 1.95 bits per heavy atom. The number of benzene rings is 2. The van der Waals surface area contributed by atoms with E-state index in [0.717, 1.165) is 0 Å². The van der Waals surface area contributed by atoms with Crippen LogP contribution in [0.5, 0.6) is 11.5 Å². The zero-order valence-corrected chi connectivity index (χ0v) is 11.0. The standard InChI is InChI=1S/C15H13FN2O3/c16-14-10-8-11(17)15(19)18(20)12(10)6-7-13(14)21-9-4-2-1-3-5-9/h1-7,11,20H,8,17H2/t11-/m0/s1. The maximum atomic E-state index is 14.5. The summed E-state index contributed by atoms with van der Waals surface area (Å²) in [7, 11) is 0. The number of hydroxylamine groups is 1. The summed E-state index contributed by atoms with van der Waals surface area (Å²) in [5, 5.41) is 10.1. The first-order valence-corrected chi connectivity index (χ1v) is 6.40. The number of rotatable bonds is 2. The van der Waals surface area contributed by atoms with Crippen LogP contribution in [0.3, 0.4) is 0 Å². The number of nitrogens with two attached hydrogens (primary N) is 1. The van der Waals surface area contributed by atoms with Gasteiger partial charge in [-0.05, 0) is 24.3 Å². The number of hydrogen-bond acceptors (Lipinski definition) is 4. The van der Waals surface area contributed by atoms with E-state index in [1.165, 1.54) is 12.1 Å². The average molecular weight is 288 g/mol. The number of para-hydroxylation sites is 1. The van der Waals surface area contributed by atoms with Gasteiger partial charge in [-0.15, -0.1) is 0 Å². The molecule has 1 aliphatic rings. The van der Waals surface area contributed by atoms with Crippen LogP contribution in [0, 0.1) is 5.82 Å². The number of anilines is 1. The van der Waals surface area contributed by atoms with E-state index in [1.807, 2.05) is 6.07 Å². The summed E-state index contributed by atoms with van der Waals surface area (Å²) in [6.45, 7) is 0. The van der Waals surface area contributed by atoms with Crippen molar-refractivity contribution in [2.45, 2.75) is 12.5 Å². The fourth-order valence-corrected chi connectivity index (χ4v) is 2.26. The van der Waals surface area contributed by atoms with E-state index in [9.17, 15) is 14.4 Å². The molecule has 0 saturated carbocycles. The molecule has 3 rings (SSSR count). The number of ether oxygens (including phenoxy) is 1. The van der Waals surface area contributed by atoms with Crippen LogP contribution in [-0.4, -0.2) is 17.2 Å². The highest BCUT2D eigenvalue weighted by Crippen LogP contribution is 2.35. The molecule has 3 N–H and O–H groups in total. The molecule has 5 nitrogen and oxygen atoms in total. The Kier molecular flexibility index (Phi) is 3.32. The summed E-state index contributed by atoms with van der Waals surface area (Å²) in [4.78, 5) is 11.6. The Hall–Kier alpha value is -2.44. The van der Waals surface area contributed by atoms with Crippen LogP contribution in [0.4, 0.5) is 10.1 Å². The quantitative estimate of drug-likeness (QED) is 0.831. The molecule has 2 aromatic rings. The number of amides is 1. The lowest BCUT2D eigenvalue weighted by molar-refractivity contribution is -0.125. The zero-order chi connectivity index (χ0) is 15.0. The molecule has 1 heterocycles. The highest BCUT2D eigenvalue weighted by atomic mass is 19.1. The van der Waals surface area contributed by atoms with Gasteiger partial charge >= 0.3 is 0 Å². The van der Waals surface area contributed by atoms with Gasteiger partial charge in [0, 0.05) is 12.0 Å². The van der Waals surface area contributed by atoms with E-state index in [2.05, 4.69) is 0 Å². The maximum Gasteiger partial charge on any atom is 0.267 e. The lowest BCUT2D eigenvalue weighted by atomic mass is 9.98. The fraction of sp³-hybridized carbons (Fsp3) is 0.133. The number of halogens is 1. The molecule has 0 unspecified atom stereocenters. The molecule has 1 aliphatic heterocycles. The van der Waals surface area contributed by atoms with Gasteiger partial charge in [0.25, 0.3) is 5.91 Å². The van der Waals surface area contributed by atoms with Crippen molar-refractivity contribution in [2.24, 2.45) is 5.73 Å². The van der Waals surface area contributed by atoms with Gasteiger partial charge in [0.1, 0.15) is 5.75 Å². The van der Waals surface area contributed by atoms with Crippen molar-refractivity contribution >= 4 is 11.6 Å². The van der Waals surface area contributed by atoms with Gasteiger partial charge in [-0.1, -0.05) is 18.2 Å². The van der Waals surface area contributed by atoms with E-state index in [1.54, 1.807) is 24.3 Å². The molecule has 0 aliphatic carbocycles. The van der Waals surface area contributed by atoms with Gasteiger partial charge in [0.2, 0.25) is 0 Å². The van der Waals surface area contributed by atoms with Crippen LogP contribution in [-0.2, 0) is 11.2 Å². The number of fused-ring (bicyclic) bond motifs is 1. The smallest absolute Gasteiger partial charge is 0.267 e. The third-order valence-corrected chi connectivity index (χ3v) is 3.33. The zero-order valence-electron chi connectivity index (χ0n) is 11.0. The minimum Gasteiger partial charge on any atom is -0.454 e. The molecule has 0 aromatic heterocycles. The lowest BCUT2D eigenvalue weighted by Gasteiger charge is -2.28. The summed E-state index contributed by atoms with van der Waals surface area (Å²) < 4.78 is 20.0. The largest absolute Gasteiger partial charge is 0.454 e. The Balaban J connectivity index is 1.99. The van der Waals surface area contributed by atoms with Crippen molar-refractivity contribution in [1.29, 1.82) is 0 Å². The maximum absolute atomic E-state index is 14.5. The van der Waals surface area contributed by atoms with E-state index in [-0.39, 0.29) is 23.4 Å². The Bertz CT molecular complexity index is 691. The second-order valence-electron chi connectivity index (χ2n) is 4.75. The molecule has 0 saturated heterocycles. The number of carbonyl (C=O) groups is 1. The number of carbonyl (C=O) groups excluding carboxylic acids is 1. The minimum absolute atomic E-state index is 0.0169. The first-order valence-electron chi connectivity index (χ1n) is 6.40. The molecular weight excluding hydrogens is 275 g/mol. The summed E-state index contributed by atoms with van der Waals surface area (Å²) in [6, 6.07) is 10.6. The number of nitrogens with zero attached hydrogens (tertiary/aromatic N) is 1. The van der Waals surface area contributed by atoms with Gasteiger partial charge < -0.3 is 10.5 Å². The SMILES string of the molecule is N[C@H]1Cc2c(ccc(Oc3ccccc3)c2F)N(O)C1=O. The highest BCUT2D eigenvalue weighted by Gasteiger charge is 2.32. The first kappa shape index (κ1) is 13.5. The lowest BCUT2D eigenvalue weighted by Crippen LogP contribution is -2.47. The predicted octanol–water partition coefficient (Wildman–Crippen LogP) is 2.22. The molecule has 108 valence electrons. The van der Waals surface area contributed by atoms with Gasteiger partial charge in [0.05, 0.1) is 11.7 Å². The molecule has 21 heavy (non-hydrogen) atoms. The van der Waals surface area contributed by atoms with Crippen molar-refractivity contribution in [3.05, 3.63) is 53.8 Å². The highest BCUT2D eigenvalue weighted by molar-refractivity contribution is 5.98. The Labute approximate surface area is 120 Å². The summed E-state index contributed by atoms with van der Waals surface area (Å²) >= 11 is 0.